The highest BCUT2D eigenvalue weighted by atomic mass is 79.9. The van der Waals surface area contributed by atoms with E-state index in [1.54, 1.807) is 0 Å². The van der Waals surface area contributed by atoms with Gasteiger partial charge in [0.05, 0.1) is 0 Å². The minimum atomic E-state index is 0.476. The highest BCUT2D eigenvalue weighted by Crippen LogP contribution is 2.47. The normalized spacial score (nSPS) is 17.2. The van der Waals surface area contributed by atoms with Crippen molar-refractivity contribution in [2.45, 2.75) is 19.3 Å². The van der Waals surface area contributed by atoms with E-state index in [1.165, 1.54) is 24.9 Å². The van der Waals surface area contributed by atoms with Gasteiger partial charge < -0.3 is 10.6 Å². The standard InChI is InChI=1S/C13H19BrN2/c1-16(9-8-13(10-15)6-7-13)12-4-2-11(14)3-5-12/h2-5H,6-10,15H2,1H3. The molecule has 2 N–H and O–H groups in total. The Balaban J connectivity index is 1.88. The smallest absolute Gasteiger partial charge is 0.0364 e. The van der Waals surface area contributed by atoms with Crippen molar-refractivity contribution in [1.29, 1.82) is 0 Å². The monoisotopic (exact) mass is 282 g/mol. The van der Waals surface area contributed by atoms with E-state index in [2.05, 4.69) is 52.1 Å². The van der Waals surface area contributed by atoms with E-state index in [0.717, 1.165) is 17.6 Å². The summed E-state index contributed by atoms with van der Waals surface area (Å²) in [7, 11) is 2.15. The Morgan fingerprint density at radius 3 is 2.44 bits per heavy atom. The summed E-state index contributed by atoms with van der Waals surface area (Å²) in [5.41, 5.74) is 7.54. The summed E-state index contributed by atoms with van der Waals surface area (Å²) in [6.45, 7) is 1.94. The molecule has 3 heteroatoms. The molecule has 0 aromatic heterocycles. The molecule has 0 amide bonds. The van der Waals surface area contributed by atoms with Gasteiger partial charge in [-0.05, 0) is 55.5 Å². The molecule has 0 spiro atoms. The van der Waals surface area contributed by atoms with Gasteiger partial charge in [-0.2, -0.15) is 0 Å². The summed E-state index contributed by atoms with van der Waals surface area (Å²) >= 11 is 3.45. The van der Waals surface area contributed by atoms with Crippen molar-refractivity contribution in [2.24, 2.45) is 11.1 Å². The second kappa shape index (κ2) is 4.76. The highest BCUT2D eigenvalue weighted by Gasteiger charge is 2.40. The Morgan fingerprint density at radius 1 is 1.31 bits per heavy atom. The molecule has 0 aliphatic heterocycles. The molecule has 0 heterocycles. The van der Waals surface area contributed by atoms with Crippen LogP contribution in [0.3, 0.4) is 0 Å². The lowest BCUT2D eigenvalue weighted by Gasteiger charge is -2.22. The number of hydrogen-bond donors (Lipinski definition) is 1. The molecular weight excluding hydrogens is 264 g/mol. The number of nitrogens with zero attached hydrogens (tertiary/aromatic N) is 1. The van der Waals surface area contributed by atoms with Crippen LogP contribution in [0.1, 0.15) is 19.3 Å². The lowest BCUT2D eigenvalue weighted by atomic mass is 10.0. The van der Waals surface area contributed by atoms with Crippen LogP contribution in [-0.2, 0) is 0 Å². The summed E-state index contributed by atoms with van der Waals surface area (Å²) < 4.78 is 1.13. The van der Waals surface area contributed by atoms with Gasteiger partial charge in [-0.3, -0.25) is 0 Å². The molecule has 1 fully saturated rings. The van der Waals surface area contributed by atoms with Crippen LogP contribution < -0.4 is 10.6 Å². The number of rotatable bonds is 5. The van der Waals surface area contributed by atoms with E-state index < -0.39 is 0 Å². The first-order valence-electron chi connectivity index (χ1n) is 5.82. The average molecular weight is 283 g/mol. The predicted molar refractivity (Wildman–Crippen MR) is 72.8 cm³/mol. The van der Waals surface area contributed by atoms with Gasteiger partial charge in [-0.1, -0.05) is 15.9 Å². The maximum Gasteiger partial charge on any atom is 0.0364 e. The van der Waals surface area contributed by atoms with Crippen LogP contribution in [0.25, 0.3) is 0 Å². The molecule has 2 rings (SSSR count). The number of benzene rings is 1. The third-order valence-corrected chi connectivity index (χ3v) is 4.16. The van der Waals surface area contributed by atoms with Gasteiger partial charge in [0.25, 0.3) is 0 Å². The van der Waals surface area contributed by atoms with E-state index in [-0.39, 0.29) is 0 Å². The van der Waals surface area contributed by atoms with Crippen LogP contribution in [0.15, 0.2) is 28.7 Å². The number of anilines is 1. The van der Waals surface area contributed by atoms with Gasteiger partial charge in [0.1, 0.15) is 0 Å². The number of halogens is 1. The Morgan fingerprint density at radius 2 is 1.94 bits per heavy atom. The van der Waals surface area contributed by atoms with Gasteiger partial charge in [-0.25, -0.2) is 0 Å². The summed E-state index contributed by atoms with van der Waals surface area (Å²) in [6.07, 6.45) is 3.85. The first kappa shape index (κ1) is 11.9. The van der Waals surface area contributed by atoms with E-state index >= 15 is 0 Å². The summed E-state index contributed by atoms with van der Waals surface area (Å²) in [5.74, 6) is 0. The number of hydrogen-bond acceptors (Lipinski definition) is 2. The van der Waals surface area contributed by atoms with Crippen LogP contribution in [0.2, 0.25) is 0 Å². The lowest BCUT2D eigenvalue weighted by Crippen LogP contribution is -2.25. The maximum atomic E-state index is 5.79. The molecular formula is C13H19BrN2. The largest absolute Gasteiger partial charge is 0.375 e. The van der Waals surface area contributed by atoms with Gasteiger partial charge in [0, 0.05) is 23.8 Å². The Bertz CT molecular complexity index is 343. The van der Waals surface area contributed by atoms with E-state index in [9.17, 15) is 0 Å². The second-order valence-electron chi connectivity index (χ2n) is 4.85. The molecule has 0 atom stereocenters. The topological polar surface area (TPSA) is 29.3 Å². The molecule has 88 valence electrons. The molecule has 1 aromatic carbocycles. The molecule has 0 saturated heterocycles. The van der Waals surface area contributed by atoms with Crippen molar-refractivity contribution in [2.75, 3.05) is 25.0 Å². The zero-order chi connectivity index (χ0) is 11.6. The maximum absolute atomic E-state index is 5.79. The van der Waals surface area contributed by atoms with E-state index in [0.29, 0.717) is 5.41 Å². The van der Waals surface area contributed by atoms with Crippen molar-refractivity contribution in [3.8, 4) is 0 Å². The molecule has 0 unspecified atom stereocenters. The quantitative estimate of drug-likeness (QED) is 0.900. The van der Waals surface area contributed by atoms with Crippen molar-refractivity contribution >= 4 is 21.6 Å². The fourth-order valence-corrected chi connectivity index (χ4v) is 2.23. The van der Waals surface area contributed by atoms with E-state index in [4.69, 9.17) is 5.73 Å². The van der Waals surface area contributed by atoms with Crippen LogP contribution in [0.5, 0.6) is 0 Å². The minimum Gasteiger partial charge on any atom is -0.375 e. The van der Waals surface area contributed by atoms with Gasteiger partial charge in [0.15, 0.2) is 0 Å². The van der Waals surface area contributed by atoms with Crippen molar-refractivity contribution < 1.29 is 0 Å². The number of nitrogens with two attached hydrogens (primary N) is 1. The lowest BCUT2D eigenvalue weighted by molar-refractivity contribution is 0.481. The minimum absolute atomic E-state index is 0.476. The van der Waals surface area contributed by atoms with Gasteiger partial charge in [-0.15, -0.1) is 0 Å². The van der Waals surface area contributed by atoms with E-state index in [1.807, 2.05) is 0 Å². The molecule has 1 aromatic rings. The summed E-state index contributed by atoms with van der Waals surface area (Å²) in [5, 5.41) is 0. The van der Waals surface area contributed by atoms with Crippen molar-refractivity contribution in [3.63, 3.8) is 0 Å². The predicted octanol–water partition coefficient (Wildman–Crippen LogP) is 3.01. The van der Waals surface area contributed by atoms with Crippen LogP contribution in [-0.4, -0.2) is 20.1 Å². The fourth-order valence-electron chi connectivity index (χ4n) is 1.96. The van der Waals surface area contributed by atoms with Crippen LogP contribution >= 0.6 is 15.9 Å². The third kappa shape index (κ3) is 2.77. The molecule has 0 bridgehead atoms. The summed E-state index contributed by atoms with van der Waals surface area (Å²) in [6, 6.07) is 8.46. The van der Waals surface area contributed by atoms with Crippen molar-refractivity contribution in [1.82, 2.24) is 0 Å². The highest BCUT2D eigenvalue weighted by molar-refractivity contribution is 9.10. The Kier molecular flexibility index (Phi) is 3.55. The van der Waals surface area contributed by atoms with Crippen molar-refractivity contribution in [3.05, 3.63) is 28.7 Å². The molecule has 1 aliphatic rings. The second-order valence-corrected chi connectivity index (χ2v) is 5.77. The zero-order valence-corrected chi connectivity index (χ0v) is 11.3. The fraction of sp³-hybridized carbons (Fsp3) is 0.538. The van der Waals surface area contributed by atoms with Crippen LogP contribution in [0.4, 0.5) is 5.69 Å². The molecule has 0 radical (unpaired) electrons. The molecule has 1 saturated carbocycles. The summed E-state index contributed by atoms with van der Waals surface area (Å²) in [4.78, 5) is 2.31. The first-order valence-corrected chi connectivity index (χ1v) is 6.61. The Hall–Kier alpha value is -0.540. The third-order valence-electron chi connectivity index (χ3n) is 3.64. The molecule has 2 nitrogen and oxygen atoms in total. The molecule has 1 aliphatic carbocycles. The first-order chi connectivity index (χ1) is 7.65. The van der Waals surface area contributed by atoms with Gasteiger partial charge in [0.2, 0.25) is 0 Å². The van der Waals surface area contributed by atoms with Gasteiger partial charge >= 0.3 is 0 Å². The molecule has 16 heavy (non-hydrogen) atoms. The Labute approximate surface area is 106 Å². The average Bonchev–Trinajstić information content (AvgIpc) is 3.08. The SMILES string of the molecule is CN(CCC1(CN)CC1)c1ccc(Br)cc1. The zero-order valence-electron chi connectivity index (χ0n) is 9.75. The van der Waals surface area contributed by atoms with Crippen LogP contribution in [0, 0.1) is 5.41 Å².